The Morgan fingerprint density at radius 1 is 1.11 bits per heavy atom. The molecule has 0 saturated carbocycles. The monoisotopic (exact) mass is 519 g/mol. The maximum Gasteiger partial charge on any atom is 0.419 e. The molecule has 2 heterocycles. The highest BCUT2D eigenvalue weighted by atomic mass is 35.5. The van der Waals surface area contributed by atoms with Gasteiger partial charge in [-0.2, -0.15) is 0 Å². The first-order valence-corrected chi connectivity index (χ1v) is 12.3. The molecule has 1 saturated heterocycles. The van der Waals surface area contributed by atoms with Gasteiger partial charge in [0.1, 0.15) is 11.8 Å². The van der Waals surface area contributed by atoms with Gasteiger partial charge >= 0.3 is 6.09 Å². The molecule has 1 fully saturated rings. The minimum absolute atomic E-state index is 0.143. The van der Waals surface area contributed by atoms with Gasteiger partial charge in [0.25, 0.3) is 5.91 Å². The van der Waals surface area contributed by atoms with Crippen LogP contribution in [0.1, 0.15) is 49.5 Å². The van der Waals surface area contributed by atoms with Crippen molar-refractivity contribution in [3.8, 4) is 5.75 Å². The molecule has 5 rings (SSSR count). The van der Waals surface area contributed by atoms with Gasteiger partial charge < -0.3 is 4.74 Å². The number of nitrogens with one attached hydrogen (secondary N) is 1. The molecule has 3 aromatic rings. The Balaban J connectivity index is 1.42. The quantitative estimate of drug-likeness (QED) is 0.480. The van der Waals surface area contributed by atoms with Gasteiger partial charge in [0, 0.05) is 29.6 Å². The molecule has 4 amide bonds. The van der Waals surface area contributed by atoms with Gasteiger partial charge in [-0.15, -0.1) is 0 Å². The van der Waals surface area contributed by atoms with Crippen LogP contribution in [0.15, 0.2) is 48.5 Å². The summed E-state index contributed by atoms with van der Waals surface area (Å²) in [6.07, 6.45) is -0.248. The number of rotatable bonds is 3. The van der Waals surface area contributed by atoms with E-state index < -0.39 is 18.0 Å². The molecule has 8 nitrogen and oxygen atoms in total. The number of hydrogen-bond acceptors (Lipinski definition) is 5. The highest BCUT2D eigenvalue weighted by molar-refractivity contribution is 6.32. The van der Waals surface area contributed by atoms with Crippen molar-refractivity contribution < 1.29 is 23.9 Å². The van der Waals surface area contributed by atoms with E-state index in [1.165, 1.54) is 15.9 Å². The number of halogens is 1. The van der Waals surface area contributed by atoms with Crippen molar-refractivity contribution in [2.75, 3.05) is 16.8 Å². The number of carbonyl (C=O) groups is 4. The van der Waals surface area contributed by atoms with Crippen LogP contribution in [-0.2, 0) is 15.0 Å². The first-order chi connectivity index (χ1) is 17.5. The van der Waals surface area contributed by atoms with Gasteiger partial charge in [0.05, 0.1) is 11.3 Å². The summed E-state index contributed by atoms with van der Waals surface area (Å²) < 4.78 is 5.66. The number of ether oxygens (including phenoxy) is 1. The summed E-state index contributed by atoms with van der Waals surface area (Å²) in [5.74, 6) is -1.03. The van der Waals surface area contributed by atoms with E-state index in [1.807, 2.05) is 12.1 Å². The third-order valence-corrected chi connectivity index (χ3v) is 7.10. The van der Waals surface area contributed by atoms with Crippen LogP contribution in [0.3, 0.4) is 0 Å². The number of anilines is 2. The fourth-order valence-electron chi connectivity index (χ4n) is 4.88. The van der Waals surface area contributed by atoms with Gasteiger partial charge in [-0.05, 0) is 53.1 Å². The van der Waals surface area contributed by atoms with Crippen LogP contribution in [0.25, 0.3) is 10.8 Å². The number of hydrogen-bond donors (Lipinski definition) is 1. The lowest BCUT2D eigenvalue weighted by molar-refractivity contribution is -0.134. The van der Waals surface area contributed by atoms with Crippen molar-refractivity contribution in [3.05, 3.63) is 64.7 Å². The predicted octanol–water partition coefficient (Wildman–Crippen LogP) is 5.19. The lowest BCUT2D eigenvalue weighted by atomic mass is 9.87. The van der Waals surface area contributed by atoms with Gasteiger partial charge in [-0.1, -0.05) is 50.6 Å². The second-order valence-corrected chi connectivity index (χ2v) is 10.7. The van der Waals surface area contributed by atoms with E-state index in [0.717, 1.165) is 5.56 Å². The molecule has 3 aromatic carbocycles. The molecule has 0 spiro atoms. The molecule has 2 aliphatic rings. The molecule has 190 valence electrons. The van der Waals surface area contributed by atoms with Crippen LogP contribution in [0.5, 0.6) is 5.75 Å². The van der Waals surface area contributed by atoms with E-state index in [9.17, 15) is 19.2 Å². The number of nitrogens with zero attached hydrogens (tertiary/aromatic N) is 2. The minimum Gasteiger partial charge on any atom is -0.410 e. The van der Waals surface area contributed by atoms with Crippen LogP contribution in [0.4, 0.5) is 16.2 Å². The maximum atomic E-state index is 13.4. The van der Waals surface area contributed by atoms with Gasteiger partial charge in [-0.3, -0.25) is 29.5 Å². The smallest absolute Gasteiger partial charge is 0.410 e. The first kappa shape index (κ1) is 24.8. The number of amides is 4. The summed E-state index contributed by atoms with van der Waals surface area (Å²) >= 11 is 6.48. The van der Waals surface area contributed by atoms with Gasteiger partial charge in [-0.25, -0.2) is 4.79 Å². The normalized spacial score (nSPS) is 17.3. The van der Waals surface area contributed by atoms with Crippen LogP contribution in [0.2, 0.25) is 5.02 Å². The fraction of sp³-hybridized carbons (Fsp3) is 0.286. The Morgan fingerprint density at radius 2 is 1.86 bits per heavy atom. The zero-order chi connectivity index (χ0) is 26.6. The van der Waals surface area contributed by atoms with Crippen molar-refractivity contribution in [1.82, 2.24) is 5.32 Å². The summed E-state index contributed by atoms with van der Waals surface area (Å²) in [4.78, 5) is 53.3. The van der Waals surface area contributed by atoms with Crippen molar-refractivity contribution in [2.24, 2.45) is 0 Å². The van der Waals surface area contributed by atoms with Gasteiger partial charge in [0.15, 0.2) is 0 Å². The fourth-order valence-corrected chi connectivity index (χ4v) is 5.34. The summed E-state index contributed by atoms with van der Waals surface area (Å²) in [6, 6.07) is 13.2. The Hall–Kier alpha value is -3.91. The molecular formula is C28H26ClN3O5. The molecule has 1 N–H and O–H groups in total. The van der Waals surface area contributed by atoms with Crippen molar-refractivity contribution in [3.63, 3.8) is 0 Å². The van der Waals surface area contributed by atoms with Crippen molar-refractivity contribution in [2.45, 2.75) is 45.1 Å². The summed E-state index contributed by atoms with van der Waals surface area (Å²) in [5.41, 5.74) is 2.31. The lowest BCUT2D eigenvalue weighted by Crippen LogP contribution is -2.53. The molecule has 0 radical (unpaired) electrons. The first-order valence-electron chi connectivity index (χ1n) is 12.0. The average molecular weight is 520 g/mol. The van der Waals surface area contributed by atoms with Crippen molar-refractivity contribution in [1.29, 1.82) is 0 Å². The highest BCUT2D eigenvalue weighted by Crippen LogP contribution is 2.42. The molecular weight excluding hydrogens is 494 g/mol. The SMILES string of the molecule is CN(C(=O)Oc1cc2c3c(cccc3c1)N(C1CCC(=O)NC1=O)C2=O)c1ccc(C(C)(C)C)c(Cl)c1. The number of imide groups is 1. The maximum absolute atomic E-state index is 13.4. The second-order valence-electron chi connectivity index (χ2n) is 10.3. The minimum atomic E-state index is -0.791. The molecule has 0 aromatic heterocycles. The van der Waals surface area contributed by atoms with E-state index in [4.69, 9.17) is 16.3 Å². The van der Waals surface area contributed by atoms with E-state index >= 15 is 0 Å². The summed E-state index contributed by atoms with van der Waals surface area (Å²) in [6.45, 7) is 6.18. The molecule has 9 heteroatoms. The molecule has 2 aliphatic heterocycles. The van der Waals surface area contributed by atoms with Crippen LogP contribution >= 0.6 is 11.6 Å². The van der Waals surface area contributed by atoms with E-state index in [0.29, 0.717) is 32.7 Å². The largest absolute Gasteiger partial charge is 0.419 e. The Bertz CT molecular complexity index is 1490. The molecule has 1 unspecified atom stereocenters. The van der Waals surface area contributed by atoms with Crippen LogP contribution in [0, 0.1) is 0 Å². The second kappa shape index (κ2) is 8.88. The zero-order valence-electron chi connectivity index (χ0n) is 20.9. The zero-order valence-corrected chi connectivity index (χ0v) is 21.7. The Kier molecular flexibility index (Phi) is 5.95. The molecule has 1 atom stereocenters. The lowest BCUT2D eigenvalue weighted by Gasteiger charge is -2.30. The van der Waals surface area contributed by atoms with Crippen LogP contribution < -0.4 is 19.9 Å². The highest BCUT2D eigenvalue weighted by Gasteiger charge is 2.41. The molecule has 0 aliphatic carbocycles. The third-order valence-electron chi connectivity index (χ3n) is 6.79. The van der Waals surface area contributed by atoms with Gasteiger partial charge in [0.2, 0.25) is 11.8 Å². The summed E-state index contributed by atoms with van der Waals surface area (Å²) in [5, 5.41) is 4.23. The van der Waals surface area contributed by atoms with Crippen LogP contribution in [-0.4, -0.2) is 36.9 Å². The standard InChI is InChI=1S/C28H26ClN3O5/c1-28(2,3)19-9-8-16(13-20(19)29)31(4)27(36)37-17-12-15-6-5-7-21-24(15)18(14-17)26(35)32(21)22-10-11-23(33)30-25(22)34/h5-9,12-14,22H,10-11H2,1-4H3,(H,30,33,34). The molecule has 0 bridgehead atoms. The van der Waals surface area contributed by atoms with E-state index in [1.54, 1.807) is 37.4 Å². The predicted molar refractivity (Wildman–Crippen MR) is 142 cm³/mol. The number of benzene rings is 3. The number of piperidine rings is 1. The third kappa shape index (κ3) is 4.31. The average Bonchev–Trinajstić information content (AvgIpc) is 3.10. The Morgan fingerprint density at radius 3 is 2.54 bits per heavy atom. The van der Waals surface area contributed by atoms with Crippen molar-refractivity contribution >= 4 is 57.6 Å². The van der Waals surface area contributed by atoms with E-state index in [2.05, 4.69) is 26.1 Å². The van der Waals surface area contributed by atoms with E-state index in [-0.39, 0.29) is 35.8 Å². The molecule has 37 heavy (non-hydrogen) atoms. The summed E-state index contributed by atoms with van der Waals surface area (Å²) in [7, 11) is 1.58. The topological polar surface area (TPSA) is 96.0 Å². The Labute approximate surface area is 219 Å². The number of carbonyl (C=O) groups excluding carboxylic acids is 4.